The number of likely N-dealkylation sites (tertiary alicyclic amines) is 1. The largest absolute Gasteiger partial charge is 0.353 e. The molecule has 6 heteroatoms. The van der Waals surface area contributed by atoms with Gasteiger partial charge in [-0.15, -0.1) is 0 Å². The van der Waals surface area contributed by atoms with Gasteiger partial charge >= 0.3 is 0 Å². The third-order valence-corrected chi connectivity index (χ3v) is 5.07. The van der Waals surface area contributed by atoms with Crippen LogP contribution in [0.4, 0.5) is 0 Å². The molecule has 25 heavy (non-hydrogen) atoms. The van der Waals surface area contributed by atoms with Crippen molar-refractivity contribution in [2.24, 2.45) is 0 Å². The Morgan fingerprint density at radius 3 is 2.60 bits per heavy atom. The molecule has 2 heterocycles. The van der Waals surface area contributed by atoms with Gasteiger partial charge in [-0.1, -0.05) is 48.4 Å². The molecule has 1 aromatic carbocycles. The van der Waals surface area contributed by atoms with E-state index < -0.39 is 0 Å². The first kappa shape index (κ1) is 18.0. The zero-order valence-electron chi connectivity index (χ0n) is 14.6. The second-order valence-electron chi connectivity index (χ2n) is 6.59. The Balaban J connectivity index is 1.62. The first-order valence-corrected chi connectivity index (χ1v) is 9.26. The number of nitrogens with one attached hydrogen (secondary N) is 1. The van der Waals surface area contributed by atoms with Gasteiger partial charge in [-0.25, -0.2) is 0 Å². The fourth-order valence-electron chi connectivity index (χ4n) is 3.35. The molecule has 0 radical (unpaired) electrons. The van der Waals surface area contributed by atoms with Gasteiger partial charge < -0.3 is 5.32 Å². The highest BCUT2D eigenvalue weighted by molar-refractivity contribution is 6.31. The van der Waals surface area contributed by atoms with Crippen molar-refractivity contribution in [3.8, 4) is 0 Å². The van der Waals surface area contributed by atoms with E-state index in [4.69, 9.17) is 11.6 Å². The molecule has 1 amide bonds. The molecule has 1 atom stereocenters. The van der Waals surface area contributed by atoms with Gasteiger partial charge in [-0.2, -0.15) is 5.10 Å². The Hall–Kier alpha value is -1.85. The van der Waals surface area contributed by atoms with Crippen molar-refractivity contribution < 1.29 is 4.79 Å². The van der Waals surface area contributed by atoms with Crippen LogP contribution in [0.25, 0.3) is 0 Å². The molecular formula is C19H25ClN4O. The number of piperidine rings is 1. The molecule has 1 saturated heterocycles. The van der Waals surface area contributed by atoms with Gasteiger partial charge in [0.15, 0.2) is 0 Å². The van der Waals surface area contributed by atoms with Crippen LogP contribution >= 0.6 is 11.6 Å². The summed E-state index contributed by atoms with van der Waals surface area (Å²) in [5.74, 6) is -0.0443. The molecule has 1 N–H and O–H groups in total. The van der Waals surface area contributed by atoms with Crippen LogP contribution < -0.4 is 5.32 Å². The van der Waals surface area contributed by atoms with E-state index in [1.54, 1.807) is 10.9 Å². The number of rotatable bonds is 6. The number of carbonyl (C=O) groups is 1. The van der Waals surface area contributed by atoms with E-state index >= 15 is 0 Å². The van der Waals surface area contributed by atoms with Crippen LogP contribution in [0.1, 0.15) is 36.6 Å². The molecule has 3 rings (SSSR count). The average molecular weight is 361 g/mol. The highest BCUT2D eigenvalue weighted by atomic mass is 35.5. The molecule has 1 fully saturated rings. The van der Waals surface area contributed by atoms with Crippen LogP contribution in [0.5, 0.6) is 0 Å². The van der Waals surface area contributed by atoms with E-state index in [9.17, 15) is 4.79 Å². The fraction of sp³-hybridized carbons (Fsp3) is 0.474. The molecule has 1 aromatic heterocycles. The van der Waals surface area contributed by atoms with Crippen LogP contribution in [0.15, 0.2) is 36.5 Å². The third kappa shape index (κ3) is 4.83. The number of benzene rings is 1. The smallest absolute Gasteiger partial charge is 0.241 e. The summed E-state index contributed by atoms with van der Waals surface area (Å²) in [6.07, 6.45) is 5.43. The zero-order chi connectivity index (χ0) is 17.6. The minimum Gasteiger partial charge on any atom is -0.353 e. The summed E-state index contributed by atoms with van der Waals surface area (Å²) in [7, 11) is 0. The predicted octanol–water partition coefficient (Wildman–Crippen LogP) is 3.19. The maximum Gasteiger partial charge on any atom is 0.241 e. The lowest BCUT2D eigenvalue weighted by Crippen LogP contribution is -2.41. The number of aryl methyl sites for hydroxylation is 1. The Kier molecular flexibility index (Phi) is 6.10. The van der Waals surface area contributed by atoms with E-state index in [0.29, 0.717) is 11.6 Å². The predicted molar refractivity (Wildman–Crippen MR) is 99.6 cm³/mol. The third-order valence-electron chi connectivity index (χ3n) is 4.70. The number of carbonyl (C=O) groups excluding carboxylic acids is 1. The Labute approximate surface area is 154 Å². The Bertz CT molecular complexity index is 675. The topological polar surface area (TPSA) is 50.2 Å². The van der Waals surface area contributed by atoms with Gasteiger partial charge in [0.2, 0.25) is 5.91 Å². The lowest BCUT2D eigenvalue weighted by molar-refractivity contribution is -0.122. The van der Waals surface area contributed by atoms with Crippen molar-refractivity contribution in [1.82, 2.24) is 20.0 Å². The van der Waals surface area contributed by atoms with Crippen molar-refractivity contribution in [2.45, 2.75) is 38.8 Å². The number of nitrogens with zero attached hydrogens (tertiary/aromatic N) is 3. The van der Waals surface area contributed by atoms with Crippen LogP contribution in [-0.2, 0) is 11.3 Å². The maximum atomic E-state index is 12.3. The maximum absolute atomic E-state index is 12.3. The summed E-state index contributed by atoms with van der Waals surface area (Å²) in [5.41, 5.74) is 1.99. The second-order valence-corrected chi connectivity index (χ2v) is 6.99. The van der Waals surface area contributed by atoms with E-state index in [0.717, 1.165) is 18.8 Å². The van der Waals surface area contributed by atoms with Crippen molar-refractivity contribution in [3.05, 3.63) is 52.8 Å². The zero-order valence-corrected chi connectivity index (χ0v) is 15.4. The number of hydrogen-bond acceptors (Lipinski definition) is 3. The van der Waals surface area contributed by atoms with E-state index in [-0.39, 0.29) is 18.5 Å². The molecule has 0 bridgehead atoms. The lowest BCUT2D eigenvalue weighted by atomic mass is 10.0. The lowest BCUT2D eigenvalue weighted by Gasteiger charge is -2.35. The summed E-state index contributed by atoms with van der Waals surface area (Å²) < 4.78 is 1.59. The van der Waals surface area contributed by atoms with Crippen molar-refractivity contribution >= 4 is 17.5 Å². The molecule has 1 aliphatic rings. The SMILES string of the molecule is Cc1nn(CC(=O)NC[C@@H](c2ccccc2)N2CCCCC2)cc1Cl. The molecule has 134 valence electrons. The number of halogens is 1. The Morgan fingerprint density at radius 1 is 1.24 bits per heavy atom. The summed E-state index contributed by atoms with van der Waals surface area (Å²) in [4.78, 5) is 14.8. The van der Waals surface area contributed by atoms with Crippen LogP contribution in [-0.4, -0.2) is 40.2 Å². The standard InChI is InChI=1S/C19H25ClN4O/c1-15-17(20)13-24(22-15)14-19(25)21-12-18(16-8-4-2-5-9-16)23-10-6-3-7-11-23/h2,4-5,8-9,13,18H,3,6-7,10-12,14H2,1H3,(H,21,25)/t18-/m0/s1. The number of hydrogen-bond donors (Lipinski definition) is 1. The van der Waals surface area contributed by atoms with Gasteiger partial charge in [0, 0.05) is 12.7 Å². The summed E-state index contributed by atoms with van der Waals surface area (Å²) in [6.45, 7) is 4.80. The molecule has 0 saturated carbocycles. The highest BCUT2D eigenvalue weighted by Gasteiger charge is 2.22. The van der Waals surface area contributed by atoms with Crippen LogP contribution in [0.2, 0.25) is 5.02 Å². The highest BCUT2D eigenvalue weighted by Crippen LogP contribution is 2.24. The summed E-state index contributed by atoms with van der Waals surface area (Å²) in [6, 6.07) is 10.6. The Morgan fingerprint density at radius 2 is 1.96 bits per heavy atom. The first-order chi connectivity index (χ1) is 12.1. The molecular weight excluding hydrogens is 336 g/mol. The van der Waals surface area contributed by atoms with Crippen molar-refractivity contribution in [3.63, 3.8) is 0 Å². The molecule has 0 spiro atoms. The van der Waals surface area contributed by atoms with E-state index in [1.807, 2.05) is 13.0 Å². The average Bonchev–Trinajstić information content (AvgIpc) is 2.94. The molecule has 2 aromatic rings. The van der Waals surface area contributed by atoms with Gasteiger partial charge in [0.25, 0.3) is 0 Å². The quantitative estimate of drug-likeness (QED) is 0.860. The molecule has 0 aliphatic carbocycles. The number of aromatic nitrogens is 2. The van der Waals surface area contributed by atoms with E-state index in [1.165, 1.54) is 24.8 Å². The normalized spacial score (nSPS) is 16.6. The van der Waals surface area contributed by atoms with Crippen LogP contribution in [0, 0.1) is 6.92 Å². The fourth-order valence-corrected chi connectivity index (χ4v) is 3.50. The summed E-state index contributed by atoms with van der Waals surface area (Å²) in [5, 5.41) is 7.90. The second kappa shape index (κ2) is 8.50. The molecule has 0 unspecified atom stereocenters. The minimum atomic E-state index is -0.0443. The monoisotopic (exact) mass is 360 g/mol. The van der Waals surface area contributed by atoms with E-state index in [2.05, 4.69) is 39.6 Å². The summed E-state index contributed by atoms with van der Waals surface area (Å²) >= 11 is 6.00. The van der Waals surface area contributed by atoms with Crippen molar-refractivity contribution in [1.29, 1.82) is 0 Å². The van der Waals surface area contributed by atoms with Gasteiger partial charge in [0.05, 0.1) is 16.8 Å². The number of amides is 1. The van der Waals surface area contributed by atoms with Gasteiger partial charge in [-0.3, -0.25) is 14.4 Å². The van der Waals surface area contributed by atoms with Gasteiger partial charge in [0.1, 0.15) is 6.54 Å². The molecule has 1 aliphatic heterocycles. The minimum absolute atomic E-state index is 0.0443. The van der Waals surface area contributed by atoms with Crippen molar-refractivity contribution in [2.75, 3.05) is 19.6 Å². The molecule has 5 nitrogen and oxygen atoms in total. The van der Waals surface area contributed by atoms with Crippen LogP contribution in [0.3, 0.4) is 0 Å². The van der Waals surface area contributed by atoms with Gasteiger partial charge in [-0.05, 0) is 38.4 Å². The first-order valence-electron chi connectivity index (χ1n) is 8.89.